The maximum atomic E-state index is 12.3. The fourth-order valence-electron chi connectivity index (χ4n) is 3.75. The Morgan fingerprint density at radius 1 is 1.18 bits per heavy atom. The molecule has 1 amide bonds. The van der Waals surface area contributed by atoms with Crippen LogP contribution in [-0.4, -0.2) is 35.5 Å². The molecule has 6 nitrogen and oxygen atoms in total. The zero-order valence-corrected chi connectivity index (χ0v) is 17.2. The van der Waals surface area contributed by atoms with Crippen LogP contribution in [0.3, 0.4) is 0 Å². The van der Waals surface area contributed by atoms with Crippen LogP contribution in [0.25, 0.3) is 0 Å². The Kier molecular flexibility index (Phi) is 6.85. The molecule has 0 saturated carbocycles. The number of carbonyl (C=O) groups excluding carboxylic acids is 1. The van der Waals surface area contributed by atoms with Gasteiger partial charge in [0.2, 0.25) is 5.91 Å². The minimum absolute atomic E-state index is 0.112. The summed E-state index contributed by atoms with van der Waals surface area (Å²) in [6, 6.07) is 8.14. The standard InChI is InChI=1S/C22H31N5O/c1-4-23-20-14-21(25-15-24-20)27-11-9-18(10-12-27)6-8-22(28)26-19-7-5-16(2)13-17(19)3/h5,7,13-15,18H,4,6,8-12H2,1-3H3,(H,26,28)(H,23,24,25). The summed E-state index contributed by atoms with van der Waals surface area (Å²) < 4.78 is 0. The lowest BCUT2D eigenvalue weighted by Crippen LogP contribution is -2.34. The van der Waals surface area contributed by atoms with Gasteiger partial charge in [0.25, 0.3) is 0 Å². The molecule has 3 rings (SSSR count). The van der Waals surface area contributed by atoms with E-state index in [0.29, 0.717) is 12.3 Å². The summed E-state index contributed by atoms with van der Waals surface area (Å²) in [5.41, 5.74) is 3.25. The van der Waals surface area contributed by atoms with Gasteiger partial charge >= 0.3 is 0 Å². The first kappa shape index (κ1) is 20.1. The number of aromatic nitrogens is 2. The average molecular weight is 382 g/mol. The number of benzene rings is 1. The molecule has 0 radical (unpaired) electrons. The number of anilines is 3. The summed E-state index contributed by atoms with van der Waals surface area (Å²) in [5, 5.41) is 6.29. The fourth-order valence-corrected chi connectivity index (χ4v) is 3.75. The summed E-state index contributed by atoms with van der Waals surface area (Å²) in [6.07, 6.45) is 5.33. The van der Waals surface area contributed by atoms with Crippen molar-refractivity contribution in [3.63, 3.8) is 0 Å². The maximum absolute atomic E-state index is 12.3. The Morgan fingerprint density at radius 3 is 2.68 bits per heavy atom. The number of aryl methyl sites for hydroxylation is 2. The molecular weight excluding hydrogens is 350 g/mol. The molecular formula is C22H31N5O. The van der Waals surface area contributed by atoms with Gasteiger partial charge < -0.3 is 15.5 Å². The van der Waals surface area contributed by atoms with Crippen LogP contribution in [0.1, 0.15) is 43.7 Å². The van der Waals surface area contributed by atoms with Crippen LogP contribution in [0.5, 0.6) is 0 Å². The summed E-state index contributed by atoms with van der Waals surface area (Å²) >= 11 is 0. The molecule has 6 heteroatoms. The number of nitrogens with one attached hydrogen (secondary N) is 2. The van der Waals surface area contributed by atoms with Gasteiger partial charge in [-0.15, -0.1) is 0 Å². The van der Waals surface area contributed by atoms with Crippen LogP contribution in [0, 0.1) is 19.8 Å². The van der Waals surface area contributed by atoms with Crippen molar-refractivity contribution < 1.29 is 4.79 Å². The van der Waals surface area contributed by atoms with E-state index in [-0.39, 0.29) is 5.91 Å². The van der Waals surface area contributed by atoms with E-state index < -0.39 is 0 Å². The third-order valence-corrected chi connectivity index (χ3v) is 5.38. The molecule has 0 unspecified atom stereocenters. The second-order valence-corrected chi connectivity index (χ2v) is 7.63. The zero-order chi connectivity index (χ0) is 19.9. The molecule has 0 atom stereocenters. The first-order valence-electron chi connectivity index (χ1n) is 10.2. The van der Waals surface area contributed by atoms with Gasteiger partial charge in [0.05, 0.1) is 0 Å². The van der Waals surface area contributed by atoms with Crippen molar-refractivity contribution >= 4 is 23.2 Å². The molecule has 1 aliphatic rings. The average Bonchev–Trinajstić information content (AvgIpc) is 2.69. The second-order valence-electron chi connectivity index (χ2n) is 7.63. The number of carbonyl (C=O) groups is 1. The maximum Gasteiger partial charge on any atom is 0.224 e. The lowest BCUT2D eigenvalue weighted by atomic mass is 9.92. The Labute approximate surface area is 167 Å². The fraction of sp³-hybridized carbons (Fsp3) is 0.500. The number of nitrogens with zero attached hydrogens (tertiary/aromatic N) is 3. The van der Waals surface area contributed by atoms with Crippen molar-refractivity contribution in [2.45, 2.75) is 46.5 Å². The minimum atomic E-state index is 0.112. The molecule has 150 valence electrons. The highest BCUT2D eigenvalue weighted by atomic mass is 16.1. The van der Waals surface area contributed by atoms with Gasteiger partial charge in [-0.1, -0.05) is 17.7 Å². The summed E-state index contributed by atoms with van der Waals surface area (Å²) in [5.74, 6) is 2.56. The number of hydrogen-bond donors (Lipinski definition) is 2. The first-order chi connectivity index (χ1) is 13.5. The van der Waals surface area contributed by atoms with Crippen molar-refractivity contribution in [1.82, 2.24) is 9.97 Å². The third-order valence-electron chi connectivity index (χ3n) is 5.38. The molecule has 1 aromatic carbocycles. The zero-order valence-electron chi connectivity index (χ0n) is 17.2. The lowest BCUT2D eigenvalue weighted by Gasteiger charge is -2.32. The number of piperidine rings is 1. The van der Waals surface area contributed by atoms with E-state index in [4.69, 9.17) is 0 Å². The molecule has 2 heterocycles. The van der Waals surface area contributed by atoms with Crippen LogP contribution in [0.4, 0.5) is 17.3 Å². The molecule has 2 N–H and O–H groups in total. The monoisotopic (exact) mass is 381 g/mol. The Hall–Kier alpha value is -2.63. The third kappa shape index (κ3) is 5.44. The largest absolute Gasteiger partial charge is 0.370 e. The Bertz CT molecular complexity index is 799. The predicted molar refractivity (Wildman–Crippen MR) is 115 cm³/mol. The summed E-state index contributed by atoms with van der Waals surface area (Å²) in [4.78, 5) is 23.3. The van der Waals surface area contributed by atoms with Crippen LogP contribution in [-0.2, 0) is 4.79 Å². The van der Waals surface area contributed by atoms with E-state index in [1.807, 2.05) is 25.1 Å². The molecule has 28 heavy (non-hydrogen) atoms. The molecule has 0 aliphatic carbocycles. The molecule has 1 aromatic heterocycles. The van der Waals surface area contributed by atoms with Crippen LogP contribution in [0.2, 0.25) is 0 Å². The van der Waals surface area contributed by atoms with Gasteiger partial charge in [-0.2, -0.15) is 0 Å². The predicted octanol–water partition coefficient (Wildman–Crippen LogP) is 4.16. The van der Waals surface area contributed by atoms with Gasteiger partial charge in [-0.3, -0.25) is 4.79 Å². The van der Waals surface area contributed by atoms with E-state index >= 15 is 0 Å². The summed E-state index contributed by atoms with van der Waals surface area (Å²) in [7, 11) is 0. The number of rotatable bonds is 7. The molecule has 1 fully saturated rings. The van der Waals surface area contributed by atoms with Crippen LogP contribution in [0.15, 0.2) is 30.6 Å². The van der Waals surface area contributed by atoms with Crippen molar-refractivity contribution in [1.29, 1.82) is 0 Å². The number of amides is 1. The lowest BCUT2D eigenvalue weighted by molar-refractivity contribution is -0.116. The smallest absolute Gasteiger partial charge is 0.224 e. The minimum Gasteiger partial charge on any atom is -0.370 e. The van der Waals surface area contributed by atoms with E-state index in [0.717, 1.165) is 61.8 Å². The normalized spacial score (nSPS) is 14.8. The van der Waals surface area contributed by atoms with E-state index in [1.165, 1.54) is 5.56 Å². The number of hydrogen-bond acceptors (Lipinski definition) is 5. The Morgan fingerprint density at radius 2 is 1.96 bits per heavy atom. The summed E-state index contributed by atoms with van der Waals surface area (Å²) in [6.45, 7) is 8.96. The second kappa shape index (κ2) is 9.53. The van der Waals surface area contributed by atoms with Gasteiger partial charge in [0.1, 0.15) is 18.0 Å². The SMILES string of the molecule is CCNc1cc(N2CCC(CCC(=O)Nc3ccc(C)cc3C)CC2)ncn1. The topological polar surface area (TPSA) is 70.2 Å². The quantitative estimate of drug-likeness (QED) is 0.754. The molecule has 1 saturated heterocycles. The molecule has 0 bridgehead atoms. The first-order valence-corrected chi connectivity index (χ1v) is 10.2. The highest BCUT2D eigenvalue weighted by molar-refractivity contribution is 5.91. The van der Waals surface area contributed by atoms with Gasteiger partial charge in [0.15, 0.2) is 0 Å². The van der Waals surface area contributed by atoms with Gasteiger partial charge in [-0.25, -0.2) is 9.97 Å². The van der Waals surface area contributed by atoms with E-state index in [2.05, 4.69) is 45.4 Å². The molecule has 0 spiro atoms. The molecule has 2 aromatic rings. The van der Waals surface area contributed by atoms with Crippen LogP contribution >= 0.6 is 0 Å². The van der Waals surface area contributed by atoms with Crippen molar-refractivity contribution in [3.8, 4) is 0 Å². The highest BCUT2D eigenvalue weighted by Gasteiger charge is 2.21. The van der Waals surface area contributed by atoms with E-state index in [1.54, 1.807) is 6.33 Å². The van der Waals surface area contributed by atoms with Gasteiger partial charge in [-0.05, 0) is 57.6 Å². The van der Waals surface area contributed by atoms with Crippen molar-refractivity contribution in [3.05, 3.63) is 41.7 Å². The Balaban J connectivity index is 1.44. The van der Waals surface area contributed by atoms with Gasteiger partial charge in [0, 0.05) is 37.8 Å². The van der Waals surface area contributed by atoms with Crippen molar-refractivity contribution in [2.75, 3.05) is 35.2 Å². The van der Waals surface area contributed by atoms with Crippen LogP contribution < -0.4 is 15.5 Å². The van der Waals surface area contributed by atoms with E-state index in [9.17, 15) is 4.79 Å². The van der Waals surface area contributed by atoms with Crippen molar-refractivity contribution in [2.24, 2.45) is 5.92 Å². The highest BCUT2D eigenvalue weighted by Crippen LogP contribution is 2.26. The molecule has 1 aliphatic heterocycles.